The molecule has 0 saturated carbocycles. The van der Waals surface area contributed by atoms with E-state index >= 15 is 0 Å². The van der Waals surface area contributed by atoms with Crippen molar-refractivity contribution in [1.29, 1.82) is 0 Å². The highest BCUT2D eigenvalue weighted by Gasteiger charge is 2.38. The fourth-order valence-corrected chi connectivity index (χ4v) is 9.36. The van der Waals surface area contributed by atoms with Crippen LogP contribution >= 0.6 is 0 Å². The number of Topliss-reactive ketones (excluding diaryl/α,β-unsaturated/α-hetero) is 5. The van der Waals surface area contributed by atoms with E-state index in [-0.39, 0.29) is 107 Å². The number of carboxylic acids is 2. The first-order chi connectivity index (χ1) is 35.4. The van der Waals surface area contributed by atoms with Crippen molar-refractivity contribution in [3.63, 3.8) is 0 Å². The van der Waals surface area contributed by atoms with Gasteiger partial charge in [0.25, 0.3) is 0 Å². The highest BCUT2D eigenvalue weighted by atomic mass is 16.4. The van der Waals surface area contributed by atoms with Crippen molar-refractivity contribution >= 4 is 70.4 Å². The van der Waals surface area contributed by atoms with Crippen molar-refractivity contribution < 1.29 is 78.0 Å². The number of hydrogen-bond acceptors (Lipinski definition) is 16. The zero-order valence-corrected chi connectivity index (χ0v) is 43.2. The number of rotatable bonds is 36. The van der Waals surface area contributed by atoms with Gasteiger partial charge in [-0.3, -0.25) is 57.5 Å². The van der Waals surface area contributed by atoms with Gasteiger partial charge in [0, 0.05) is 70.4 Å². The maximum atomic E-state index is 14.3. The molecule has 23 nitrogen and oxygen atoms in total. The number of carbonyl (C=O) groups excluding carboxylic acids is 10. The van der Waals surface area contributed by atoms with Gasteiger partial charge in [0.05, 0.1) is 54.6 Å². The first-order valence-electron chi connectivity index (χ1n) is 25.8. The number of aliphatic hydroxyl groups excluding tert-OH is 1. The van der Waals surface area contributed by atoms with Crippen LogP contribution in [0.2, 0.25) is 0 Å². The van der Waals surface area contributed by atoms with Gasteiger partial charge in [-0.25, -0.2) is 0 Å². The van der Waals surface area contributed by atoms with Crippen molar-refractivity contribution in [2.45, 2.75) is 173 Å². The van der Waals surface area contributed by atoms with E-state index in [1.54, 1.807) is 13.8 Å². The van der Waals surface area contributed by atoms with Gasteiger partial charge in [0.15, 0.2) is 23.1 Å². The van der Waals surface area contributed by atoms with Gasteiger partial charge in [-0.05, 0) is 88.4 Å². The second-order valence-electron chi connectivity index (χ2n) is 20.3. The van der Waals surface area contributed by atoms with E-state index in [1.165, 1.54) is 36.1 Å². The molecule has 2 heterocycles. The Hall–Kier alpha value is -6.46. The molecule has 23 heteroatoms. The summed E-state index contributed by atoms with van der Waals surface area (Å²) in [6.07, 6.45) is -2.59. The number of phenolic OH excluding ortho intramolecular Hbond substituents is 1. The summed E-state index contributed by atoms with van der Waals surface area (Å²) in [4.78, 5) is 159. The van der Waals surface area contributed by atoms with Crippen LogP contribution in [0.25, 0.3) is 0 Å². The summed E-state index contributed by atoms with van der Waals surface area (Å²) >= 11 is 0. The molecule has 0 aromatic heterocycles. The summed E-state index contributed by atoms with van der Waals surface area (Å²) in [5.74, 6) is -13.0. The molecular weight excluding hydrogens is 979 g/mol. The third-order valence-electron chi connectivity index (χ3n) is 13.6. The molecule has 2 aliphatic rings. The Morgan fingerprint density at radius 3 is 1.97 bits per heavy atom. The first-order valence-corrected chi connectivity index (χ1v) is 25.8. The zero-order valence-electron chi connectivity index (χ0n) is 43.2. The second kappa shape index (κ2) is 31.4. The average Bonchev–Trinajstić information content (AvgIpc) is 4.03. The number of nitrogens with one attached hydrogen (secondary N) is 4. The molecule has 12 N–H and O–H groups in total. The number of amides is 5. The molecule has 9 atom stereocenters. The number of unbranched alkanes of at least 4 members (excludes halogenated alkanes) is 1. The number of phenols is 1. The Kier molecular flexibility index (Phi) is 26.3. The molecule has 0 spiro atoms. The smallest absolute Gasteiger partial charge is 0.306 e. The SMILES string of the molecule is CC(C)C[C@H](CC(=O)[C@H](Cc1ccc(O)cc1)NC(=O)[C@H](CC(=O)O)CC(=O)[C@H](CCC(N)=O)NC(=O)CCC(=O)[C@@H]1C[C@@H](O)CN1)C(=O)N[C@@H](C)C(=O)CCC(=O)N1CCC[C@H]1C(=O)C[C@@H](CCCCN)C(=O)O. The minimum atomic E-state index is -1.62. The highest BCUT2D eigenvalue weighted by molar-refractivity contribution is 5.98. The molecule has 1 aromatic rings. The largest absolute Gasteiger partial charge is 0.508 e. The van der Waals surface area contributed by atoms with Crippen molar-refractivity contribution in [2.75, 3.05) is 19.6 Å². The van der Waals surface area contributed by atoms with E-state index in [2.05, 4.69) is 21.3 Å². The molecule has 5 amide bonds. The fourth-order valence-electron chi connectivity index (χ4n) is 9.36. The molecule has 1 aromatic carbocycles. The summed E-state index contributed by atoms with van der Waals surface area (Å²) in [7, 11) is 0. The maximum absolute atomic E-state index is 14.3. The number of nitrogens with two attached hydrogens (primary N) is 2. The van der Waals surface area contributed by atoms with Gasteiger partial charge in [-0.1, -0.05) is 32.4 Å². The lowest BCUT2D eigenvalue weighted by Gasteiger charge is -2.26. The van der Waals surface area contributed by atoms with Crippen molar-refractivity contribution in [1.82, 2.24) is 26.2 Å². The molecule has 0 radical (unpaired) electrons. The van der Waals surface area contributed by atoms with Crippen LogP contribution in [0, 0.1) is 23.7 Å². The molecule has 0 aliphatic carbocycles. The number of aromatic hydroxyl groups is 1. The topological polar surface area (TPSA) is 389 Å². The van der Waals surface area contributed by atoms with Crippen LogP contribution in [-0.2, 0) is 64.0 Å². The van der Waals surface area contributed by atoms with Gasteiger partial charge in [0.1, 0.15) is 11.5 Å². The van der Waals surface area contributed by atoms with Crippen molar-refractivity contribution in [3.8, 4) is 5.75 Å². The lowest BCUT2D eigenvalue weighted by molar-refractivity contribution is -0.145. The van der Waals surface area contributed by atoms with Crippen LogP contribution < -0.4 is 32.7 Å². The number of aliphatic carboxylic acids is 2. The van der Waals surface area contributed by atoms with Crippen LogP contribution in [0.4, 0.5) is 0 Å². The Labute approximate surface area is 436 Å². The van der Waals surface area contributed by atoms with Gasteiger partial charge >= 0.3 is 11.9 Å². The lowest BCUT2D eigenvalue weighted by atomic mass is 9.87. The summed E-state index contributed by atoms with van der Waals surface area (Å²) in [6.45, 7) is 5.87. The monoisotopic (exact) mass is 1060 g/mol. The third-order valence-corrected chi connectivity index (χ3v) is 13.6. The number of aliphatic hydroxyl groups is 1. The second-order valence-corrected chi connectivity index (χ2v) is 20.3. The number of β-amino-alcohol motifs (C(OH)–C–C–N with tert-alkyl or cyclic N) is 1. The number of likely N-dealkylation sites (tertiary alicyclic amines) is 1. The van der Waals surface area contributed by atoms with E-state index < -0.39 is 132 Å². The predicted molar refractivity (Wildman–Crippen MR) is 269 cm³/mol. The number of primary amides is 1. The zero-order chi connectivity index (χ0) is 55.9. The van der Waals surface area contributed by atoms with Crippen LogP contribution in [0.5, 0.6) is 5.75 Å². The molecule has 75 heavy (non-hydrogen) atoms. The molecule has 3 rings (SSSR count). The number of nitrogens with zero attached hydrogens (tertiary/aromatic N) is 1. The van der Waals surface area contributed by atoms with Gasteiger partial charge in [-0.15, -0.1) is 0 Å². The van der Waals surface area contributed by atoms with E-state index in [1.807, 2.05) is 0 Å². The number of hydrogen-bond donors (Lipinski definition) is 10. The minimum Gasteiger partial charge on any atom is -0.508 e. The third kappa shape index (κ3) is 22.1. The van der Waals surface area contributed by atoms with Gasteiger partial charge in [-0.2, -0.15) is 0 Å². The van der Waals surface area contributed by atoms with Gasteiger partial charge < -0.3 is 58.1 Å². The summed E-state index contributed by atoms with van der Waals surface area (Å²) in [6, 6.07) is 0.185. The number of carboxylic acid groups (broad SMARTS) is 2. The van der Waals surface area contributed by atoms with E-state index in [4.69, 9.17) is 11.5 Å². The average molecular weight is 1060 g/mol. The number of benzene rings is 1. The number of ketones is 5. The molecule has 2 saturated heterocycles. The van der Waals surface area contributed by atoms with E-state index in [9.17, 15) is 78.0 Å². The quantitative estimate of drug-likeness (QED) is 0.0410. The standard InChI is InChI=1S/C52H77N7O16/c1-29(2)21-33(50(72)56-30(3)41(62)15-18-48(69)59-20-6-8-40(59)45(66)23-32(52(74)75)7-4-5-19-53)24-44(65)39(22-31-9-11-35(60)12-10-31)58-51(73)34(26-49(70)71)25-43(64)37(13-16-46(54)67)57-47(68)17-14-42(63)38-27-36(61)28-55-38/h9-12,29-30,32-34,36-40,55,60-61H,4-8,13-28,53H2,1-3H3,(H2,54,67)(H,56,72)(H,57,68)(H,58,73)(H,70,71)(H,74,75)/t30-,32+,33+,34-,36+,37-,38-,39-,40-/m0/s1. The van der Waals surface area contributed by atoms with Crippen molar-refractivity contribution in [2.24, 2.45) is 35.1 Å². The highest BCUT2D eigenvalue weighted by Crippen LogP contribution is 2.25. The molecular formula is C52H77N7O16. The summed E-state index contributed by atoms with van der Waals surface area (Å²) in [5.41, 5.74) is 11.3. The molecule has 416 valence electrons. The van der Waals surface area contributed by atoms with E-state index in [0.29, 0.717) is 37.8 Å². The Balaban J connectivity index is 1.74. The van der Waals surface area contributed by atoms with Gasteiger partial charge in [0.2, 0.25) is 29.5 Å². The van der Waals surface area contributed by atoms with Crippen molar-refractivity contribution in [3.05, 3.63) is 29.8 Å². The first kappa shape index (κ1) is 62.8. The molecule has 2 aliphatic heterocycles. The van der Waals surface area contributed by atoms with Crippen LogP contribution in [0.15, 0.2) is 24.3 Å². The molecule has 0 bridgehead atoms. The fraction of sp³-hybridized carbons (Fsp3) is 0.654. The summed E-state index contributed by atoms with van der Waals surface area (Å²) < 4.78 is 0. The normalized spacial score (nSPS) is 18.7. The Morgan fingerprint density at radius 2 is 1.37 bits per heavy atom. The molecule has 0 unspecified atom stereocenters. The van der Waals surface area contributed by atoms with E-state index in [0.717, 1.165) is 0 Å². The lowest BCUT2D eigenvalue weighted by Crippen LogP contribution is -2.49. The van der Waals surface area contributed by atoms with Crippen LogP contribution in [-0.4, -0.2) is 152 Å². The van der Waals surface area contributed by atoms with Crippen LogP contribution in [0.3, 0.4) is 0 Å². The maximum Gasteiger partial charge on any atom is 0.306 e. The number of carbonyl (C=O) groups is 12. The molecule has 2 fully saturated rings. The Morgan fingerprint density at radius 1 is 0.720 bits per heavy atom. The van der Waals surface area contributed by atoms with Crippen LogP contribution in [0.1, 0.15) is 135 Å². The summed E-state index contributed by atoms with van der Waals surface area (Å²) in [5, 5.41) is 49.7. The predicted octanol–water partition coefficient (Wildman–Crippen LogP) is 0.548. The minimum absolute atomic E-state index is 0.103. The Bertz CT molecular complexity index is 2200.